The Morgan fingerprint density at radius 1 is 1.30 bits per heavy atom. The maximum atomic E-state index is 12.0. The van der Waals surface area contributed by atoms with Crippen LogP contribution in [0, 0.1) is 11.8 Å². The molecule has 1 unspecified atom stereocenters. The molecular formula is C14H17F3N2O. The van der Waals surface area contributed by atoms with Gasteiger partial charge in [-0.3, -0.25) is 0 Å². The Balaban J connectivity index is 2.61. The summed E-state index contributed by atoms with van der Waals surface area (Å²) in [6, 6.07) is 5.57. The summed E-state index contributed by atoms with van der Waals surface area (Å²) in [7, 11) is 0. The van der Waals surface area contributed by atoms with Crippen LogP contribution in [0.15, 0.2) is 24.3 Å². The number of hydrogen-bond acceptors (Lipinski definition) is 3. The van der Waals surface area contributed by atoms with Crippen LogP contribution < -0.4 is 15.8 Å². The first-order valence-electron chi connectivity index (χ1n) is 6.15. The van der Waals surface area contributed by atoms with Gasteiger partial charge in [-0.1, -0.05) is 12.1 Å². The van der Waals surface area contributed by atoms with Crippen LogP contribution in [0.1, 0.15) is 24.9 Å². The van der Waals surface area contributed by atoms with Gasteiger partial charge in [-0.05, 0) is 24.6 Å². The largest absolute Gasteiger partial charge is 0.573 e. The average Bonchev–Trinajstić information content (AvgIpc) is 2.38. The van der Waals surface area contributed by atoms with Gasteiger partial charge in [0, 0.05) is 25.6 Å². The summed E-state index contributed by atoms with van der Waals surface area (Å²) in [5.41, 5.74) is 6.46. The van der Waals surface area contributed by atoms with Crippen molar-refractivity contribution < 1.29 is 17.9 Å². The van der Waals surface area contributed by atoms with Gasteiger partial charge >= 0.3 is 6.36 Å². The molecule has 1 rings (SSSR count). The van der Waals surface area contributed by atoms with Crippen LogP contribution in [0.4, 0.5) is 13.2 Å². The second-order valence-electron chi connectivity index (χ2n) is 4.04. The van der Waals surface area contributed by atoms with Gasteiger partial charge in [0.05, 0.1) is 0 Å². The van der Waals surface area contributed by atoms with Gasteiger partial charge in [-0.25, -0.2) is 0 Å². The first-order valence-corrected chi connectivity index (χ1v) is 6.15. The normalized spacial score (nSPS) is 12.4. The van der Waals surface area contributed by atoms with E-state index in [0.717, 1.165) is 5.56 Å². The fourth-order valence-electron chi connectivity index (χ4n) is 1.67. The molecule has 3 N–H and O–H groups in total. The molecule has 0 bridgehead atoms. The van der Waals surface area contributed by atoms with Crippen LogP contribution in [0.3, 0.4) is 0 Å². The van der Waals surface area contributed by atoms with E-state index in [1.807, 2.05) is 0 Å². The molecule has 0 radical (unpaired) electrons. The zero-order chi connectivity index (χ0) is 15.0. The fraction of sp³-hybridized carbons (Fsp3) is 0.429. The standard InChI is InChI=1S/C14H17F3N2O/c1-2-3-4-9-19-13(10-18)11-5-7-12(8-6-11)20-14(15,16)17/h5-8,13,19H,4,9-10,18H2,1H3. The lowest BCUT2D eigenvalue weighted by atomic mass is 10.1. The third-order valence-corrected chi connectivity index (χ3v) is 2.57. The number of nitrogens with one attached hydrogen (secondary N) is 1. The molecule has 1 atom stereocenters. The van der Waals surface area contributed by atoms with Gasteiger partial charge in [0.15, 0.2) is 0 Å². The minimum atomic E-state index is -4.67. The molecule has 0 aliphatic rings. The number of ether oxygens (including phenoxy) is 1. The third kappa shape index (κ3) is 5.95. The summed E-state index contributed by atoms with van der Waals surface area (Å²) in [5, 5.41) is 3.20. The number of hydrogen-bond donors (Lipinski definition) is 2. The molecule has 20 heavy (non-hydrogen) atoms. The zero-order valence-corrected chi connectivity index (χ0v) is 11.1. The predicted octanol–water partition coefficient (Wildman–Crippen LogP) is 2.59. The molecule has 110 valence electrons. The molecule has 0 fully saturated rings. The minimum Gasteiger partial charge on any atom is -0.406 e. The molecule has 3 nitrogen and oxygen atoms in total. The fourth-order valence-corrected chi connectivity index (χ4v) is 1.67. The number of alkyl halides is 3. The first kappa shape index (κ1) is 16.3. The summed E-state index contributed by atoms with van der Waals surface area (Å²) < 4.78 is 39.9. The Morgan fingerprint density at radius 3 is 2.45 bits per heavy atom. The first-order chi connectivity index (χ1) is 9.46. The van der Waals surface area contributed by atoms with Crippen molar-refractivity contribution >= 4 is 0 Å². The Kier molecular flexibility index (Phi) is 6.36. The highest BCUT2D eigenvalue weighted by Crippen LogP contribution is 2.24. The number of nitrogens with two attached hydrogens (primary N) is 1. The van der Waals surface area contributed by atoms with E-state index in [4.69, 9.17) is 5.73 Å². The van der Waals surface area contributed by atoms with Crippen molar-refractivity contribution in [3.63, 3.8) is 0 Å². The lowest BCUT2D eigenvalue weighted by Gasteiger charge is -2.17. The van der Waals surface area contributed by atoms with Crippen molar-refractivity contribution in [1.29, 1.82) is 0 Å². The van der Waals surface area contributed by atoms with E-state index in [9.17, 15) is 13.2 Å². The van der Waals surface area contributed by atoms with Crippen LogP contribution in [0.25, 0.3) is 0 Å². The molecule has 1 aromatic carbocycles. The van der Waals surface area contributed by atoms with Gasteiger partial charge < -0.3 is 15.8 Å². The van der Waals surface area contributed by atoms with Crippen LogP contribution in [0.2, 0.25) is 0 Å². The van der Waals surface area contributed by atoms with Gasteiger partial charge in [0.25, 0.3) is 0 Å². The monoisotopic (exact) mass is 286 g/mol. The molecular weight excluding hydrogens is 269 g/mol. The summed E-state index contributed by atoms with van der Waals surface area (Å²) in [4.78, 5) is 0. The van der Waals surface area contributed by atoms with Crippen molar-refractivity contribution in [2.24, 2.45) is 5.73 Å². The third-order valence-electron chi connectivity index (χ3n) is 2.57. The maximum absolute atomic E-state index is 12.0. The van der Waals surface area contributed by atoms with E-state index >= 15 is 0 Å². The van der Waals surface area contributed by atoms with Crippen molar-refractivity contribution in [2.75, 3.05) is 13.1 Å². The van der Waals surface area contributed by atoms with Crippen LogP contribution in [-0.2, 0) is 0 Å². The molecule has 0 heterocycles. The number of halogens is 3. The summed E-state index contributed by atoms with van der Waals surface area (Å²) in [5.74, 6) is 5.46. The molecule has 0 saturated heterocycles. The van der Waals surface area contributed by atoms with E-state index in [1.54, 1.807) is 19.1 Å². The Hall–Kier alpha value is -1.71. The number of rotatable bonds is 6. The highest BCUT2D eigenvalue weighted by atomic mass is 19.4. The lowest BCUT2D eigenvalue weighted by molar-refractivity contribution is -0.274. The molecule has 0 amide bonds. The Bertz CT molecular complexity index is 460. The van der Waals surface area contributed by atoms with E-state index in [-0.39, 0.29) is 11.8 Å². The molecule has 6 heteroatoms. The van der Waals surface area contributed by atoms with Crippen LogP contribution >= 0.6 is 0 Å². The number of benzene rings is 1. The van der Waals surface area contributed by atoms with E-state index in [1.165, 1.54) is 12.1 Å². The molecule has 0 aromatic heterocycles. The molecule has 0 saturated carbocycles. The van der Waals surface area contributed by atoms with E-state index in [2.05, 4.69) is 21.9 Å². The zero-order valence-electron chi connectivity index (χ0n) is 11.1. The molecule has 0 aliphatic carbocycles. The quantitative estimate of drug-likeness (QED) is 0.624. The van der Waals surface area contributed by atoms with Crippen molar-refractivity contribution in [2.45, 2.75) is 25.7 Å². The van der Waals surface area contributed by atoms with E-state index < -0.39 is 6.36 Å². The SMILES string of the molecule is CC#CCCNC(CN)c1ccc(OC(F)(F)F)cc1. The highest BCUT2D eigenvalue weighted by molar-refractivity contribution is 5.29. The second kappa shape index (κ2) is 7.78. The van der Waals surface area contributed by atoms with Gasteiger partial charge in [-0.2, -0.15) is 0 Å². The van der Waals surface area contributed by atoms with Crippen molar-refractivity contribution in [3.05, 3.63) is 29.8 Å². The van der Waals surface area contributed by atoms with Crippen LogP contribution in [-0.4, -0.2) is 19.5 Å². The molecule has 1 aromatic rings. The van der Waals surface area contributed by atoms with Gasteiger partial charge in [0.1, 0.15) is 5.75 Å². The predicted molar refractivity (Wildman–Crippen MR) is 71.0 cm³/mol. The highest BCUT2D eigenvalue weighted by Gasteiger charge is 2.31. The second-order valence-corrected chi connectivity index (χ2v) is 4.04. The average molecular weight is 286 g/mol. The molecule has 0 aliphatic heterocycles. The van der Waals surface area contributed by atoms with Gasteiger partial charge in [-0.15, -0.1) is 25.0 Å². The molecule has 0 spiro atoms. The summed E-state index contributed by atoms with van der Waals surface area (Å²) in [6.07, 6.45) is -3.98. The van der Waals surface area contributed by atoms with Crippen LogP contribution in [0.5, 0.6) is 5.75 Å². The summed E-state index contributed by atoms with van der Waals surface area (Å²) in [6.45, 7) is 2.78. The Morgan fingerprint density at radius 2 is 1.95 bits per heavy atom. The topological polar surface area (TPSA) is 47.3 Å². The van der Waals surface area contributed by atoms with Gasteiger partial charge in [0.2, 0.25) is 0 Å². The smallest absolute Gasteiger partial charge is 0.406 e. The van der Waals surface area contributed by atoms with Crippen molar-refractivity contribution in [1.82, 2.24) is 5.32 Å². The Labute approximate surface area is 116 Å². The lowest BCUT2D eigenvalue weighted by Crippen LogP contribution is -2.28. The maximum Gasteiger partial charge on any atom is 0.573 e. The summed E-state index contributed by atoms with van der Waals surface area (Å²) >= 11 is 0. The van der Waals surface area contributed by atoms with E-state index in [0.29, 0.717) is 19.5 Å². The minimum absolute atomic E-state index is 0.117. The van der Waals surface area contributed by atoms with Crippen molar-refractivity contribution in [3.8, 4) is 17.6 Å².